The fourth-order valence-corrected chi connectivity index (χ4v) is 3.08. The van der Waals surface area contributed by atoms with E-state index in [1.54, 1.807) is 29.9 Å². The van der Waals surface area contributed by atoms with Gasteiger partial charge in [-0.15, -0.1) is 5.10 Å². The van der Waals surface area contributed by atoms with Gasteiger partial charge in [-0.05, 0) is 41.0 Å². The number of hydrogen-bond donors (Lipinski definition) is 2. The first-order valence-corrected chi connectivity index (χ1v) is 10.0. The van der Waals surface area contributed by atoms with Crippen molar-refractivity contribution in [3.63, 3.8) is 0 Å². The van der Waals surface area contributed by atoms with Gasteiger partial charge in [-0.1, -0.05) is 55.3 Å². The Morgan fingerprint density at radius 2 is 2.03 bits per heavy atom. The Morgan fingerprint density at radius 3 is 2.77 bits per heavy atom. The first-order chi connectivity index (χ1) is 15.1. The van der Waals surface area contributed by atoms with Crippen LogP contribution in [0.15, 0.2) is 47.6 Å². The molecule has 10 nitrogen and oxygen atoms in total. The highest BCUT2D eigenvalue weighted by molar-refractivity contribution is 6.11. The molecule has 2 N–H and O–H groups in total. The average Bonchev–Trinajstić information content (AvgIpc) is 3.17. The number of aromatic nitrogens is 5. The van der Waals surface area contributed by atoms with Gasteiger partial charge in [-0.2, -0.15) is 0 Å². The molecule has 0 fully saturated rings. The molecule has 2 aromatic heterocycles. The Bertz CT molecular complexity index is 1050. The number of anilines is 1. The molecular formula is C21H25N7O3. The quantitative estimate of drug-likeness (QED) is 0.291. The number of hydrogen-bond acceptors (Lipinski definition) is 7. The maximum Gasteiger partial charge on any atom is 0.410 e. The molecule has 0 aliphatic rings. The molecule has 10 heteroatoms. The molecule has 0 radical (unpaired) electrons. The van der Waals surface area contributed by atoms with E-state index in [0.29, 0.717) is 17.2 Å². The van der Waals surface area contributed by atoms with Crippen molar-refractivity contribution < 1.29 is 14.7 Å². The summed E-state index contributed by atoms with van der Waals surface area (Å²) in [5, 5.41) is 27.2. The Morgan fingerprint density at radius 1 is 1.19 bits per heavy atom. The van der Waals surface area contributed by atoms with Crippen LogP contribution in [0.25, 0.3) is 0 Å². The number of carboxylic acid groups (broad SMARTS) is 1. The Labute approximate surface area is 180 Å². The van der Waals surface area contributed by atoms with Gasteiger partial charge in [0.1, 0.15) is 5.82 Å². The summed E-state index contributed by atoms with van der Waals surface area (Å²) in [5.41, 5.74) is 3.11. The summed E-state index contributed by atoms with van der Waals surface area (Å²) >= 11 is 0. The molecular weight excluding hydrogens is 398 g/mol. The van der Waals surface area contributed by atoms with Crippen molar-refractivity contribution in [1.82, 2.24) is 25.2 Å². The van der Waals surface area contributed by atoms with Crippen LogP contribution in [-0.4, -0.2) is 42.1 Å². The van der Waals surface area contributed by atoms with Crippen LogP contribution in [0.2, 0.25) is 0 Å². The fourth-order valence-electron chi connectivity index (χ4n) is 3.08. The summed E-state index contributed by atoms with van der Waals surface area (Å²) in [4.78, 5) is 20.6. The van der Waals surface area contributed by atoms with Crippen LogP contribution in [0.1, 0.15) is 48.8 Å². The number of unbranched alkanes of at least 4 members (excludes halogenated alkanes) is 2. The summed E-state index contributed by atoms with van der Waals surface area (Å²) in [6, 6.07) is 13.0. The summed E-state index contributed by atoms with van der Waals surface area (Å²) in [6.45, 7) is 2.23. The normalized spacial score (nSPS) is 11.4. The standard InChI is InChI=1S/C21H25N7O3/c1-3-4-5-9-15-10-6-7-12-17(15)19(20-24-26-27-28(20)2)25-31-14-16-11-8-13-18(22-16)23-21(29)30/h6-8,10-13H,3-5,9,14H2,1-2H3,(H,22,23)(H,29,30)/b25-19-. The van der Waals surface area contributed by atoms with Crippen LogP contribution < -0.4 is 5.32 Å². The Kier molecular flexibility index (Phi) is 7.63. The number of aryl methyl sites for hydroxylation is 2. The molecule has 0 bridgehead atoms. The third-order valence-corrected chi connectivity index (χ3v) is 4.56. The molecule has 1 aromatic carbocycles. The third kappa shape index (κ3) is 6.08. The molecule has 0 atom stereocenters. The number of rotatable bonds is 10. The molecule has 162 valence electrons. The van der Waals surface area contributed by atoms with E-state index in [-0.39, 0.29) is 12.4 Å². The minimum Gasteiger partial charge on any atom is -0.465 e. The average molecular weight is 423 g/mol. The molecule has 0 aliphatic carbocycles. The number of amides is 1. The van der Waals surface area contributed by atoms with Gasteiger partial charge in [0.15, 0.2) is 12.3 Å². The second-order valence-electron chi connectivity index (χ2n) is 6.90. The summed E-state index contributed by atoms with van der Waals surface area (Å²) in [6.07, 6.45) is 3.10. The van der Waals surface area contributed by atoms with E-state index in [4.69, 9.17) is 9.94 Å². The summed E-state index contributed by atoms with van der Waals surface area (Å²) in [7, 11) is 1.74. The minimum absolute atomic E-state index is 0.0575. The molecule has 0 spiro atoms. The molecule has 0 aliphatic heterocycles. The predicted molar refractivity (Wildman–Crippen MR) is 115 cm³/mol. The van der Waals surface area contributed by atoms with Gasteiger partial charge in [0, 0.05) is 12.6 Å². The van der Waals surface area contributed by atoms with Crippen LogP contribution >= 0.6 is 0 Å². The van der Waals surface area contributed by atoms with Gasteiger partial charge in [0.25, 0.3) is 0 Å². The van der Waals surface area contributed by atoms with Gasteiger partial charge in [0.05, 0.1) is 5.69 Å². The van der Waals surface area contributed by atoms with Crippen molar-refractivity contribution in [3.8, 4) is 0 Å². The van der Waals surface area contributed by atoms with Gasteiger partial charge >= 0.3 is 6.09 Å². The van der Waals surface area contributed by atoms with E-state index in [0.717, 1.165) is 36.8 Å². The van der Waals surface area contributed by atoms with Crippen molar-refractivity contribution in [2.75, 3.05) is 5.32 Å². The second kappa shape index (κ2) is 10.8. The minimum atomic E-state index is -1.18. The van der Waals surface area contributed by atoms with Gasteiger partial charge in [-0.3, -0.25) is 5.32 Å². The van der Waals surface area contributed by atoms with E-state index in [1.807, 2.05) is 18.2 Å². The molecule has 0 saturated heterocycles. The smallest absolute Gasteiger partial charge is 0.410 e. The topological polar surface area (TPSA) is 127 Å². The van der Waals surface area contributed by atoms with Gasteiger partial charge < -0.3 is 9.94 Å². The Hall–Kier alpha value is -3.82. The Balaban J connectivity index is 1.85. The summed E-state index contributed by atoms with van der Waals surface area (Å²) in [5.74, 6) is 0.703. The van der Waals surface area contributed by atoms with Gasteiger partial charge in [-0.25, -0.2) is 14.5 Å². The summed E-state index contributed by atoms with van der Waals surface area (Å²) < 4.78 is 1.54. The fraction of sp³-hybridized carbons (Fsp3) is 0.333. The lowest BCUT2D eigenvalue weighted by molar-refractivity contribution is 0.128. The zero-order valence-electron chi connectivity index (χ0n) is 17.5. The molecule has 0 saturated carbocycles. The van der Waals surface area contributed by atoms with Crippen molar-refractivity contribution in [2.24, 2.45) is 12.2 Å². The number of nitrogens with zero attached hydrogens (tertiary/aromatic N) is 6. The second-order valence-corrected chi connectivity index (χ2v) is 6.90. The number of carbonyl (C=O) groups is 1. The lowest BCUT2D eigenvalue weighted by Gasteiger charge is -2.11. The number of oxime groups is 1. The molecule has 31 heavy (non-hydrogen) atoms. The first kappa shape index (κ1) is 21.9. The maximum atomic E-state index is 10.8. The number of benzene rings is 1. The van der Waals surface area contributed by atoms with Crippen molar-refractivity contribution in [2.45, 2.75) is 39.2 Å². The monoisotopic (exact) mass is 423 g/mol. The SMILES string of the molecule is CCCCCc1ccccc1/C(=N/OCc1cccc(NC(=O)O)n1)c1nnnn1C. The zero-order valence-corrected chi connectivity index (χ0v) is 17.5. The van der Waals surface area contributed by atoms with Crippen molar-refractivity contribution in [3.05, 3.63) is 65.1 Å². The highest BCUT2D eigenvalue weighted by Gasteiger charge is 2.18. The van der Waals surface area contributed by atoms with Crippen LogP contribution in [0.3, 0.4) is 0 Å². The van der Waals surface area contributed by atoms with Crippen LogP contribution in [0.4, 0.5) is 10.6 Å². The number of tetrazole rings is 1. The lowest BCUT2D eigenvalue weighted by Crippen LogP contribution is -2.14. The van der Waals surface area contributed by atoms with E-state index >= 15 is 0 Å². The van der Waals surface area contributed by atoms with E-state index in [9.17, 15) is 4.79 Å². The maximum absolute atomic E-state index is 10.8. The van der Waals surface area contributed by atoms with Crippen LogP contribution in [0, 0.1) is 0 Å². The predicted octanol–water partition coefficient (Wildman–Crippen LogP) is 3.40. The molecule has 2 heterocycles. The third-order valence-electron chi connectivity index (χ3n) is 4.56. The number of nitrogens with one attached hydrogen (secondary N) is 1. The zero-order chi connectivity index (χ0) is 22.1. The molecule has 3 rings (SSSR count). The van der Waals surface area contributed by atoms with Gasteiger partial charge in [0.2, 0.25) is 5.82 Å². The highest BCUT2D eigenvalue weighted by atomic mass is 16.6. The van der Waals surface area contributed by atoms with Crippen LogP contribution in [-0.2, 0) is 24.9 Å². The van der Waals surface area contributed by atoms with E-state index in [2.05, 4.69) is 44.0 Å². The molecule has 1 amide bonds. The van der Waals surface area contributed by atoms with E-state index in [1.165, 1.54) is 0 Å². The van der Waals surface area contributed by atoms with E-state index < -0.39 is 6.09 Å². The molecule has 3 aromatic rings. The van der Waals surface area contributed by atoms with Crippen molar-refractivity contribution >= 4 is 17.6 Å². The van der Waals surface area contributed by atoms with Crippen LogP contribution in [0.5, 0.6) is 0 Å². The first-order valence-electron chi connectivity index (χ1n) is 10.0. The lowest BCUT2D eigenvalue weighted by atomic mass is 9.98. The molecule has 0 unspecified atom stereocenters. The largest absolute Gasteiger partial charge is 0.465 e. The van der Waals surface area contributed by atoms with Crippen molar-refractivity contribution in [1.29, 1.82) is 0 Å². The number of pyridine rings is 1. The highest BCUT2D eigenvalue weighted by Crippen LogP contribution is 2.17.